The molecule has 0 bridgehead atoms. The van der Waals surface area contributed by atoms with E-state index in [-0.39, 0.29) is 24.8 Å². The molecule has 2 N–H and O–H groups in total. The number of hydrogen-bond donors (Lipinski definition) is 2. The van der Waals surface area contributed by atoms with Gasteiger partial charge in [0.25, 0.3) is 0 Å². The molecular weight excluding hydrogens is 468 g/mol. The maximum atomic E-state index is 12.4. The number of benzene rings is 2. The van der Waals surface area contributed by atoms with Crippen LogP contribution in [0.15, 0.2) is 59.7 Å². The molecule has 0 radical (unpaired) electrons. The van der Waals surface area contributed by atoms with Gasteiger partial charge in [-0.3, -0.25) is 9.59 Å². The Hall–Kier alpha value is -3.91. The summed E-state index contributed by atoms with van der Waals surface area (Å²) in [7, 11) is 0. The number of nitrogens with zero attached hydrogens (tertiary/aromatic N) is 2. The largest absolute Gasteiger partial charge is 0.462 e. The fourth-order valence-corrected chi connectivity index (χ4v) is 3.64. The number of hydrogen-bond acceptors (Lipinski definition) is 5. The fraction of sp³-hybridized carbons (Fsp3) is 0.231. The van der Waals surface area contributed by atoms with Crippen molar-refractivity contribution in [1.29, 1.82) is 0 Å². The van der Waals surface area contributed by atoms with Gasteiger partial charge in [-0.25, -0.2) is 10.2 Å². The van der Waals surface area contributed by atoms with Crippen LogP contribution in [0.5, 0.6) is 0 Å². The molecule has 9 heteroatoms. The van der Waals surface area contributed by atoms with E-state index in [0.29, 0.717) is 28.5 Å². The summed E-state index contributed by atoms with van der Waals surface area (Å²) in [6.45, 7) is 5.64. The molecule has 8 nitrogen and oxygen atoms in total. The van der Waals surface area contributed by atoms with Gasteiger partial charge < -0.3 is 14.6 Å². The maximum Gasteiger partial charge on any atom is 0.339 e. The summed E-state index contributed by atoms with van der Waals surface area (Å²) in [5, 5.41) is 7.30. The molecule has 1 heterocycles. The van der Waals surface area contributed by atoms with Crippen molar-refractivity contribution in [3.63, 3.8) is 0 Å². The quantitative estimate of drug-likeness (QED) is 0.253. The van der Waals surface area contributed by atoms with Crippen LogP contribution < -0.4 is 10.7 Å². The second kappa shape index (κ2) is 12.0. The molecule has 1 aromatic heterocycles. The number of aromatic nitrogens is 1. The molecular formula is C26H27ClN4O4. The number of hydrazone groups is 1. The minimum atomic E-state index is -0.405. The zero-order valence-electron chi connectivity index (χ0n) is 19.8. The third kappa shape index (κ3) is 7.04. The summed E-state index contributed by atoms with van der Waals surface area (Å²) in [5.74, 6) is -0.827. The molecule has 182 valence electrons. The van der Waals surface area contributed by atoms with E-state index in [9.17, 15) is 14.4 Å². The molecule has 0 fully saturated rings. The molecule has 0 atom stereocenters. The highest BCUT2D eigenvalue weighted by Gasteiger charge is 2.20. The fourth-order valence-electron chi connectivity index (χ4n) is 3.51. The zero-order valence-corrected chi connectivity index (χ0v) is 20.6. The van der Waals surface area contributed by atoms with Crippen LogP contribution in [0.2, 0.25) is 5.02 Å². The van der Waals surface area contributed by atoms with Gasteiger partial charge in [0.15, 0.2) is 0 Å². The number of rotatable bonds is 9. The number of esters is 1. The van der Waals surface area contributed by atoms with E-state index in [0.717, 1.165) is 16.8 Å². The highest BCUT2D eigenvalue weighted by molar-refractivity contribution is 6.30. The van der Waals surface area contributed by atoms with Gasteiger partial charge in [-0.2, -0.15) is 5.10 Å². The van der Waals surface area contributed by atoms with Gasteiger partial charge in [0.2, 0.25) is 11.8 Å². The van der Waals surface area contributed by atoms with Crippen LogP contribution in [0.4, 0.5) is 5.69 Å². The number of nitrogens with one attached hydrogen (secondary N) is 2. The smallest absolute Gasteiger partial charge is 0.339 e. The molecule has 3 aromatic rings. The first-order valence-electron chi connectivity index (χ1n) is 11.1. The number of anilines is 1. The van der Waals surface area contributed by atoms with E-state index in [1.165, 1.54) is 13.1 Å². The predicted molar refractivity (Wildman–Crippen MR) is 137 cm³/mol. The molecule has 2 aromatic carbocycles. The molecule has 0 saturated heterocycles. The number of halogens is 1. The standard InChI is InChI=1S/C26H27ClN4O4/c1-4-35-26(34)23-15-24(20-7-9-21(27)10-8-20)31(17(23)2)14-13-25(33)30-28-16-19-5-11-22(12-6-19)29-18(3)32/h5-12,15-16H,4,13-14H2,1-3H3,(H,29,32)(H,30,33)/b28-16+. The summed E-state index contributed by atoms with van der Waals surface area (Å²) in [5.41, 5.74) is 6.80. The second-order valence-electron chi connectivity index (χ2n) is 7.75. The molecule has 0 aliphatic carbocycles. The average molecular weight is 495 g/mol. The van der Waals surface area contributed by atoms with Crippen molar-refractivity contribution in [1.82, 2.24) is 9.99 Å². The van der Waals surface area contributed by atoms with Crippen LogP contribution in [0.1, 0.15) is 41.9 Å². The minimum absolute atomic E-state index is 0.148. The van der Waals surface area contributed by atoms with E-state index in [1.54, 1.807) is 49.4 Å². The van der Waals surface area contributed by atoms with Gasteiger partial charge in [-0.1, -0.05) is 35.9 Å². The summed E-state index contributed by atoms with van der Waals surface area (Å²) in [6.07, 6.45) is 1.67. The highest BCUT2D eigenvalue weighted by Crippen LogP contribution is 2.28. The predicted octanol–water partition coefficient (Wildman–Crippen LogP) is 4.79. The van der Waals surface area contributed by atoms with Gasteiger partial charge >= 0.3 is 5.97 Å². The summed E-state index contributed by atoms with van der Waals surface area (Å²) in [6, 6.07) is 16.1. The lowest BCUT2D eigenvalue weighted by atomic mass is 10.1. The van der Waals surface area contributed by atoms with Crippen molar-refractivity contribution in [2.75, 3.05) is 11.9 Å². The minimum Gasteiger partial charge on any atom is -0.462 e. The van der Waals surface area contributed by atoms with Crippen molar-refractivity contribution >= 4 is 41.3 Å². The average Bonchev–Trinajstić information content (AvgIpc) is 3.15. The number of carbonyl (C=O) groups excluding carboxylic acids is 3. The third-order valence-electron chi connectivity index (χ3n) is 5.20. The van der Waals surface area contributed by atoms with E-state index in [4.69, 9.17) is 16.3 Å². The Labute approximate surface area is 208 Å². The molecule has 0 aliphatic heterocycles. The number of amides is 2. The molecule has 3 rings (SSSR count). The second-order valence-corrected chi connectivity index (χ2v) is 8.19. The Balaban J connectivity index is 1.69. The van der Waals surface area contributed by atoms with E-state index in [2.05, 4.69) is 15.8 Å². The lowest BCUT2D eigenvalue weighted by Crippen LogP contribution is -2.20. The van der Waals surface area contributed by atoms with Crippen LogP contribution in [0.3, 0.4) is 0 Å². The first kappa shape index (κ1) is 25.7. The first-order valence-corrected chi connectivity index (χ1v) is 11.5. The van der Waals surface area contributed by atoms with E-state index < -0.39 is 5.97 Å². The Bertz CT molecular complexity index is 1230. The van der Waals surface area contributed by atoms with Gasteiger partial charge in [0.05, 0.1) is 18.4 Å². The third-order valence-corrected chi connectivity index (χ3v) is 5.45. The van der Waals surface area contributed by atoms with Crippen molar-refractivity contribution < 1.29 is 19.1 Å². The molecule has 0 unspecified atom stereocenters. The Kier molecular flexibility index (Phi) is 8.80. The van der Waals surface area contributed by atoms with Gasteiger partial charge in [0, 0.05) is 42.0 Å². The molecule has 0 aliphatic rings. The van der Waals surface area contributed by atoms with Crippen LogP contribution in [-0.2, 0) is 20.9 Å². The van der Waals surface area contributed by atoms with Crippen molar-refractivity contribution in [3.05, 3.63) is 76.4 Å². The topological polar surface area (TPSA) is 102 Å². The van der Waals surface area contributed by atoms with Gasteiger partial charge in [-0.05, 0) is 55.3 Å². The lowest BCUT2D eigenvalue weighted by Gasteiger charge is -2.12. The Morgan fingerprint density at radius 2 is 1.77 bits per heavy atom. The molecule has 0 saturated carbocycles. The van der Waals surface area contributed by atoms with Crippen molar-refractivity contribution in [3.8, 4) is 11.3 Å². The molecule has 2 amide bonds. The summed E-state index contributed by atoms with van der Waals surface area (Å²) < 4.78 is 7.10. The van der Waals surface area contributed by atoms with Gasteiger partial charge in [0.1, 0.15) is 0 Å². The van der Waals surface area contributed by atoms with Crippen LogP contribution in [0, 0.1) is 6.92 Å². The van der Waals surface area contributed by atoms with Crippen molar-refractivity contribution in [2.24, 2.45) is 5.10 Å². The van der Waals surface area contributed by atoms with E-state index >= 15 is 0 Å². The lowest BCUT2D eigenvalue weighted by molar-refractivity contribution is -0.121. The van der Waals surface area contributed by atoms with E-state index in [1.807, 2.05) is 23.6 Å². The highest BCUT2D eigenvalue weighted by atomic mass is 35.5. The number of carbonyl (C=O) groups is 3. The number of ether oxygens (including phenoxy) is 1. The molecule has 35 heavy (non-hydrogen) atoms. The normalized spacial score (nSPS) is 10.9. The SMILES string of the molecule is CCOC(=O)c1cc(-c2ccc(Cl)cc2)n(CCC(=O)N/N=C/c2ccc(NC(C)=O)cc2)c1C. The van der Waals surface area contributed by atoms with Crippen LogP contribution >= 0.6 is 11.6 Å². The van der Waals surface area contributed by atoms with Crippen LogP contribution in [-0.4, -0.2) is 35.2 Å². The zero-order chi connectivity index (χ0) is 25.4. The Morgan fingerprint density at radius 3 is 2.40 bits per heavy atom. The van der Waals surface area contributed by atoms with Crippen molar-refractivity contribution in [2.45, 2.75) is 33.7 Å². The summed E-state index contributed by atoms with van der Waals surface area (Å²) >= 11 is 6.03. The van der Waals surface area contributed by atoms with Gasteiger partial charge in [-0.15, -0.1) is 0 Å². The first-order chi connectivity index (χ1) is 16.8. The summed E-state index contributed by atoms with van der Waals surface area (Å²) in [4.78, 5) is 36.0. The van der Waals surface area contributed by atoms with Crippen LogP contribution in [0.25, 0.3) is 11.3 Å². The molecule has 0 spiro atoms. The Morgan fingerprint density at radius 1 is 1.09 bits per heavy atom. The monoisotopic (exact) mass is 494 g/mol. The maximum absolute atomic E-state index is 12.4.